The lowest BCUT2D eigenvalue weighted by Crippen LogP contribution is -2.46. The first-order valence-corrected chi connectivity index (χ1v) is 11.6. The molecule has 2 aliphatic heterocycles. The lowest BCUT2D eigenvalue weighted by atomic mass is 10.00. The van der Waals surface area contributed by atoms with Crippen molar-refractivity contribution in [2.45, 2.75) is 38.5 Å². The van der Waals surface area contributed by atoms with Crippen molar-refractivity contribution in [1.29, 1.82) is 0 Å². The molecule has 0 aliphatic carbocycles. The van der Waals surface area contributed by atoms with Crippen molar-refractivity contribution in [1.82, 2.24) is 14.9 Å². The maximum absolute atomic E-state index is 13.2. The van der Waals surface area contributed by atoms with Crippen molar-refractivity contribution >= 4 is 17.4 Å². The molecule has 0 bridgehead atoms. The molecule has 1 N–H and O–H groups in total. The van der Waals surface area contributed by atoms with Gasteiger partial charge in [-0.3, -0.25) is 14.7 Å². The van der Waals surface area contributed by atoms with Crippen molar-refractivity contribution in [2.75, 3.05) is 29.9 Å². The minimum Gasteiger partial charge on any atom is -0.356 e. The van der Waals surface area contributed by atoms with Gasteiger partial charge in [0.1, 0.15) is 11.5 Å². The summed E-state index contributed by atoms with van der Waals surface area (Å²) >= 11 is 0. The molecule has 2 aliphatic rings. The Kier molecular flexibility index (Phi) is 6.19. The summed E-state index contributed by atoms with van der Waals surface area (Å²) in [5.74, 6) is 0.742. The molecule has 35 heavy (non-hydrogen) atoms. The number of alkyl halides is 3. The van der Waals surface area contributed by atoms with Crippen LogP contribution in [0, 0.1) is 6.92 Å². The van der Waals surface area contributed by atoms with E-state index in [1.165, 1.54) is 6.20 Å². The minimum atomic E-state index is -4.49. The molecule has 0 unspecified atom stereocenters. The van der Waals surface area contributed by atoms with Crippen LogP contribution in [0.5, 0.6) is 0 Å². The van der Waals surface area contributed by atoms with Crippen LogP contribution in [0.4, 0.5) is 24.7 Å². The van der Waals surface area contributed by atoms with Crippen molar-refractivity contribution in [3.63, 3.8) is 0 Å². The smallest absolute Gasteiger partial charge is 0.356 e. The summed E-state index contributed by atoms with van der Waals surface area (Å²) in [6.07, 6.45) is 0.146. The molecule has 182 valence electrons. The van der Waals surface area contributed by atoms with Gasteiger partial charge in [0.2, 0.25) is 5.91 Å². The number of nitrogens with zero attached hydrogens (tertiary/aromatic N) is 4. The molecule has 1 fully saturated rings. The Balaban J connectivity index is 1.31. The fourth-order valence-corrected chi connectivity index (χ4v) is 4.90. The minimum absolute atomic E-state index is 0.00204. The number of carbonyl (C=O) groups excluding carboxylic acids is 1. The zero-order chi connectivity index (χ0) is 24.6. The summed E-state index contributed by atoms with van der Waals surface area (Å²) < 4.78 is 39.5. The van der Waals surface area contributed by atoms with Crippen LogP contribution in [0.3, 0.4) is 0 Å². The van der Waals surface area contributed by atoms with Crippen LogP contribution in [0.25, 0.3) is 11.1 Å². The molecule has 6 nitrogen and oxygen atoms in total. The number of pyridine rings is 2. The van der Waals surface area contributed by atoms with Crippen LogP contribution in [0.15, 0.2) is 54.9 Å². The van der Waals surface area contributed by atoms with E-state index in [4.69, 9.17) is 0 Å². The highest BCUT2D eigenvalue weighted by Crippen LogP contribution is 2.33. The van der Waals surface area contributed by atoms with Gasteiger partial charge in [0.25, 0.3) is 0 Å². The Labute approximate surface area is 201 Å². The first-order chi connectivity index (χ1) is 16.8. The van der Waals surface area contributed by atoms with Crippen LogP contribution in [0.1, 0.15) is 29.7 Å². The number of aryl methyl sites for hydroxylation is 1. The van der Waals surface area contributed by atoms with Gasteiger partial charge in [-0.05, 0) is 66.3 Å². The third kappa shape index (κ3) is 5.00. The van der Waals surface area contributed by atoms with Gasteiger partial charge in [0.05, 0.1) is 6.54 Å². The number of aromatic nitrogens is 2. The van der Waals surface area contributed by atoms with Gasteiger partial charge in [0.15, 0.2) is 0 Å². The van der Waals surface area contributed by atoms with Crippen molar-refractivity contribution in [3.8, 4) is 11.1 Å². The molecule has 0 atom stereocenters. The number of rotatable bonds is 3. The average molecular weight is 482 g/mol. The van der Waals surface area contributed by atoms with Gasteiger partial charge >= 0.3 is 6.18 Å². The third-order valence-electron chi connectivity index (χ3n) is 6.77. The zero-order valence-corrected chi connectivity index (χ0v) is 19.3. The summed E-state index contributed by atoms with van der Waals surface area (Å²) in [5, 5.41) is 2.99. The number of anilines is 2. The first-order valence-electron chi connectivity index (χ1n) is 11.6. The fourth-order valence-electron chi connectivity index (χ4n) is 4.90. The van der Waals surface area contributed by atoms with Gasteiger partial charge in [-0.25, -0.2) is 4.98 Å². The molecule has 4 heterocycles. The van der Waals surface area contributed by atoms with E-state index in [9.17, 15) is 18.0 Å². The van der Waals surface area contributed by atoms with Crippen LogP contribution in [-0.4, -0.2) is 46.5 Å². The number of piperidine rings is 1. The number of halogens is 3. The highest BCUT2D eigenvalue weighted by Gasteiger charge is 2.33. The Bertz CT molecular complexity index is 1240. The number of hydrogen-bond acceptors (Lipinski definition) is 5. The summed E-state index contributed by atoms with van der Waals surface area (Å²) in [4.78, 5) is 24.9. The molecule has 0 saturated carbocycles. The lowest BCUT2D eigenvalue weighted by molar-refractivity contribution is -0.141. The number of amides is 1. The number of hydrogen-bond donors (Lipinski definition) is 1. The monoisotopic (exact) mass is 481 g/mol. The second-order valence-corrected chi connectivity index (χ2v) is 9.11. The summed E-state index contributed by atoms with van der Waals surface area (Å²) in [6.45, 7) is 4.42. The molecule has 1 saturated heterocycles. The average Bonchev–Trinajstić information content (AvgIpc) is 3.02. The molecule has 5 rings (SSSR count). The maximum atomic E-state index is 13.2. The predicted molar refractivity (Wildman–Crippen MR) is 128 cm³/mol. The molecular formula is C26H26F3N5O. The van der Waals surface area contributed by atoms with Gasteiger partial charge in [0, 0.05) is 43.8 Å². The van der Waals surface area contributed by atoms with Crippen molar-refractivity contribution < 1.29 is 18.0 Å². The van der Waals surface area contributed by atoms with E-state index >= 15 is 0 Å². The Morgan fingerprint density at radius 1 is 1.03 bits per heavy atom. The van der Waals surface area contributed by atoms with E-state index in [1.54, 1.807) is 12.3 Å². The molecule has 3 aromatic rings. The predicted octanol–water partition coefficient (Wildman–Crippen LogP) is 4.89. The molecule has 9 heteroatoms. The van der Waals surface area contributed by atoms with E-state index in [-0.39, 0.29) is 11.9 Å². The first kappa shape index (κ1) is 23.3. The van der Waals surface area contributed by atoms with E-state index in [1.807, 2.05) is 37.3 Å². The van der Waals surface area contributed by atoms with E-state index in [0.29, 0.717) is 17.7 Å². The second kappa shape index (κ2) is 9.30. The molecule has 0 spiro atoms. The molecule has 0 radical (unpaired) electrons. The maximum Gasteiger partial charge on any atom is 0.433 e. The Morgan fingerprint density at radius 3 is 2.57 bits per heavy atom. The Morgan fingerprint density at radius 2 is 1.80 bits per heavy atom. The fraction of sp³-hybridized carbons (Fsp3) is 0.346. The summed E-state index contributed by atoms with van der Waals surface area (Å²) in [6, 6.07) is 12.7. The highest BCUT2D eigenvalue weighted by atomic mass is 19.4. The number of nitrogens with one attached hydrogen (secondary N) is 1. The molecular weight excluding hydrogens is 455 g/mol. The van der Waals surface area contributed by atoms with Gasteiger partial charge in [-0.2, -0.15) is 13.2 Å². The summed E-state index contributed by atoms with van der Waals surface area (Å²) in [7, 11) is 0. The Hall–Kier alpha value is -3.46. The van der Waals surface area contributed by atoms with E-state index in [0.717, 1.165) is 61.2 Å². The van der Waals surface area contributed by atoms with Crippen LogP contribution in [-0.2, 0) is 17.5 Å². The third-order valence-corrected chi connectivity index (χ3v) is 6.77. The van der Waals surface area contributed by atoms with Gasteiger partial charge < -0.3 is 10.2 Å². The number of benzene rings is 1. The van der Waals surface area contributed by atoms with Crippen molar-refractivity contribution in [3.05, 3.63) is 71.7 Å². The second-order valence-electron chi connectivity index (χ2n) is 9.11. The molecule has 1 aromatic carbocycles. The zero-order valence-electron chi connectivity index (χ0n) is 19.3. The quantitative estimate of drug-likeness (QED) is 0.577. The van der Waals surface area contributed by atoms with Crippen LogP contribution < -0.4 is 10.2 Å². The van der Waals surface area contributed by atoms with Gasteiger partial charge in [-0.15, -0.1) is 0 Å². The number of para-hydroxylation sites is 1. The van der Waals surface area contributed by atoms with E-state index < -0.39 is 11.9 Å². The topological polar surface area (TPSA) is 61.4 Å². The largest absolute Gasteiger partial charge is 0.433 e. The van der Waals surface area contributed by atoms with Crippen LogP contribution in [0.2, 0.25) is 0 Å². The highest BCUT2D eigenvalue weighted by molar-refractivity contribution is 5.93. The van der Waals surface area contributed by atoms with Crippen LogP contribution >= 0.6 is 0 Å². The standard InChI is InChI=1S/C26H26F3N5O/c1-17-14-31-24(13-21(17)18-6-9-30-23(12-18)26(27,28)29)33-10-7-20(8-11-33)34-15-19-4-2-3-5-22(19)32-25(35)16-34/h2-6,9,12-14,20H,7-8,10-11,15-16H2,1H3,(H,32,35). The normalized spacial score (nSPS) is 17.6. The number of carbonyl (C=O) groups is 1. The van der Waals surface area contributed by atoms with Crippen molar-refractivity contribution in [2.24, 2.45) is 0 Å². The summed E-state index contributed by atoms with van der Waals surface area (Å²) in [5.41, 5.74) is 3.07. The lowest BCUT2D eigenvalue weighted by Gasteiger charge is -2.38. The molecule has 2 aromatic heterocycles. The van der Waals surface area contributed by atoms with Gasteiger partial charge in [-0.1, -0.05) is 18.2 Å². The van der Waals surface area contributed by atoms with E-state index in [2.05, 4.69) is 25.1 Å². The number of fused-ring (bicyclic) bond motifs is 1. The molecule has 1 amide bonds. The SMILES string of the molecule is Cc1cnc(N2CCC(N3CC(=O)Nc4ccccc4C3)CC2)cc1-c1ccnc(C(F)(F)F)c1.